The molecule has 7 nitrogen and oxygen atoms in total. The van der Waals surface area contributed by atoms with Crippen LogP contribution in [0.3, 0.4) is 0 Å². The van der Waals surface area contributed by atoms with E-state index >= 15 is 0 Å². The van der Waals surface area contributed by atoms with Gasteiger partial charge in [0.05, 0.1) is 0 Å². The number of nitrogens with two attached hydrogens (primary N) is 1. The molecule has 2 amide bonds. The fourth-order valence-electron chi connectivity index (χ4n) is 3.41. The van der Waals surface area contributed by atoms with Crippen LogP contribution in [0.15, 0.2) is 42.1 Å². The van der Waals surface area contributed by atoms with Crippen molar-refractivity contribution in [2.45, 2.75) is 45.6 Å². The third kappa shape index (κ3) is 7.20. The topological polar surface area (TPSA) is 99.7 Å². The van der Waals surface area contributed by atoms with Gasteiger partial charge in [0.1, 0.15) is 17.2 Å². The Morgan fingerprint density at radius 3 is 2.43 bits per heavy atom. The fourth-order valence-corrected chi connectivity index (χ4v) is 3.41. The lowest BCUT2D eigenvalue weighted by atomic mass is 9.90. The number of amides is 2. The maximum Gasteiger partial charge on any atom is 0.414 e. The summed E-state index contributed by atoms with van der Waals surface area (Å²) in [6.45, 7) is 6.80. The molecule has 1 fully saturated rings. The van der Waals surface area contributed by atoms with E-state index in [1.807, 2.05) is 24.3 Å². The summed E-state index contributed by atoms with van der Waals surface area (Å²) in [5.41, 5.74) is 6.12. The fraction of sp³-hybridized carbons (Fsp3) is 0.522. The van der Waals surface area contributed by atoms with Crippen LogP contribution in [0.25, 0.3) is 0 Å². The van der Waals surface area contributed by atoms with Crippen molar-refractivity contribution >= 4 is 12.0 Å². The van der Waals surface area contributed by atoms with Gasteiger partial charge in [-0.25, -0.2) is 4.79 Å². The molecule has 2 rings (SSSR count). The molecule has 0 radical (unpaired) electrons. The van der Waals surface area contributed by atoms with E-state index in [0.717, 1.165) is 19.3 Å². The van der Waals surface area contributed by atoms with E-state index in [9.17, 15) is 14.9 Å². The Kier molecular flexibility index (Phi) is 8.43. The molecule has 0 spiro atoms. The molecule has 1 heterocycles. The van der Waals surface area contributed by atoms with Crippen LogP contribution >= 0.6 is 0 Å². The first kappa shape index (κ1) is 23.4. The van der Waals surface area contributed by atoms with Gasteiger partial charge < -0.3 is 15.4 Å². The van der Waals surface area contributed by atoms with Gasteiger partial charge in [-0.1, -0.05) is 30.3 Å². The molecular weight excluding hydrogens is 380 g/mol. The zero-order chi connectivity index (χ0) is 22.1. The highest BCUT2D eigenvalue weighted by Crippen LogP contribution is 2.23. The van der Waals surface area contributed by atoms with E-state index in [-0.39, 0.29) is 24.6 Å². The van der Waals surface area contributed by atoms with Crippen molar-refractivity contribution < 1.29 is 14.3 Å². The van der Waals surface area contributed by atoms with Crippen molar-refractivity contribution in [3.63, 3.8) is 0 Å². The van der Waals surface area contributed by atoms with Crippen molar-refractivity contribution in [1.82, 2.24) is 9.80 Å². The number of hydrogen-bond donors (Lipinski definition) is 1. The first-order valence-corrected chi connectivity index (χ1v) is 10.4. The summed E-state index contributed by atoms with van der Waals surface area (Å²) in [7, 11) is 0. The van der Waals surface area contributed by atoms with Gasteiger partial charge in [-0.2, -0.15) is 5.26 Å². The highest BCUT2D eigenvalue weighted by molar-refractivity contribution is 5.97. The number of likely N-dealkylation sites (tertiary alicyclic amines) is 1. The Hall–Kier alpha value is -2.85. The molecule has 1 aromatic rings. The molecule has 30 heavy (non-hydrogen) atoms. The van der Waals surface area contributed by atoms with Gasteiger partial charge >= 0.3 is 6.09 Å². The molecule has 0 atom stereocenters. The van der Waals surface area contributed by atoms with Gasteiger partial charge in [0.25, 0.3) is 5.91 Å². The van der Waals surface area contributed by atoms with Gasteiger partial charge in [0, 0.05) is 32.4 Å². The Morgan fingerprint density at radius 1 is 1.27 bits per heavy atom. The molecule has 0 saturated carbocycles. The monoisotopic (exact) mass is 412 g/mol. The quantitative estimate of drug-likeness (QED) is 0.572. The van der Waals surface area contributed by atoms with E-state index in [1.165, 1.54) is 16.7 Å². The number of benzene rings is 1. The molecule has 2 N–H and O–H groups in total. The predicted molar refractivity (Wildman–Crippen MR) is 115 cm³/mol. The van der Waals surface area contributed by atoms with Crippen LogP contribution in [0.2, 0.25) is 0 Å². The second-order valence-electron chi connectivity index (χ2n) is 8.54. The van der Waals surface area contributed by atoms with Crippen molar-refractivity contribution in [3.05, 3.63) is 47.7 Å². The summed E-state index contributed by atoms with van der Waals surface area (Å²) in [4.78, 5) is 28.1. The first-order valence-electron chi connectivity index (χ1n) is 10.4. The van der Waals surface area contributed by atoms with E-state index in [1.54, 1.807) is 25.7 Å². The van der Waals surface area contributed by atoms with Gasteiger partial charge in [-0.3, -0.25) is 9.69 Å². The Bertz CT molecular complexity index is 785. The van der Waals surface area contributed by atoms with Crippen molar-refractivity contribution in [2.75, 3.05) is 26.2 Å². The summed E-state index contributed by atoms with van der Waals surface area (Å²) in [6.07, 6.45) is 3.40. The summed E-state index contributed by atoms with van der Waals surface area (Å²) in [6, 6.07) is 12.3. The maximum atomic E-state index is 12.9. The number of nitriles is 1. The Balaban J connectivity index is 2.00. The first-order chi connectivity index (χ1) is 14.2. The lowest BCUT2D eigenvalue weighted by Crippen LogP contribution is -2.41. The zero-order valence-electron chi connectivity index (χ0n) is 18.1. The zero-order valence-corrected chi connectivity index (χ0v) is 18.1. The highest BCUT2D eigenvalue weighted by atomic mass is 16.6. The second kappa shape index (κ2) is 10.8. The largest absolute Gasteiger partial charge is 0.443 e. The average molecular weight is 413 g/mol. The molecule has 1 aromatic carbocycles. The van der Waals surface area contributed by atoms with Crippen molar-refractivity contribution in [3.8, 4) is 6.07 Å². The molecule has 1 saturated heterocycles. The molecular formula is C23H32N4O3. The van der Waals surface area contributed by atoms with Crippen LogP contribution < -0.4 is 5.73 Å². The minimum atomic E-state index is -0.685. The number of rotatable bonds is 6. The smallest absolute Gasteiger partial charge is 0.414 e. The van der Waals surface area contributed by atoms with Crippen LogP contribution in [0.1, 0.15) is 39.2 Å². The van der Waals surface area contributed by atoms with Gasteiger partial charge in [0.15, 0.2) is 0 Å². The lowest BCUT2D eigenvalue weighted by molar-refractivity contribution is -0.128. The molecule has 0 unspecified atom stereocenters. The normalized spacial score (nSPS) is 15.4. The van der Waals surface area contributed by atoms with Crippen LogP contribution in [-0.2, 0) is 16.0 Å². The van der Waals surface area contributed by atoms with Crippen molar-refractivity contribution in [2.24, 2.45) is 11.7 Å². The minimum absolute atomic E-state index is 0.0872. The maximum absolute atomic E-state index is 12.9. The Morgan fingerprint density at radius 2 is 1.90 bits per heavy atom. The highest BCUT2D eigenvalue weighted by Gasteiger charge is 2.27. The molecule has 1 aliphatic rings. The van der Waals surface area contributed by atoms with Crippen LogP contribution in [0, 0.1) is 17.2 Å². The molecule has 0 aromatic heterocycles. The van der Waals surface area contributed by atoms with Gasteiger partial charge in [-0.05, 0) is 51.5 Å². The van der Waals surface area contributed by atoms with E-state index in [4.69, 9.17) is 10.5 Å². The van der Waals surface area contributed by atoms with Crippen LogP contribution in [0.5, 0.6) is 0 Å². The molecule has 7 heteroatoms. The average Bonchev–Trinajstić information content (AvgIpc) is 2.70. The third-order valence-corrected chi connectivity index (χ3v) is 4.90. The summed E-state index contributed by atoms with van der Waals surface area (Å²) < 4.78 is 5.35. The standard InChI is InChI=1S/C23H32N4O3/c1-23(2,3)30-22(29)27(14-11-24)17-20(16-25)21(28)26-12-9-19(10-13-26)15-18-7-5-4-6-8-18/h4-8,17,19H,9-15,24H2,1-3H3/b20-17-. The summed E-state index contributed by atoms with van der Waals surface area (Å²) in [5, 5.41) is 9.53. The van der Waals surface area contributed by atoms with Crippen molar-refractivity contribution in [1.29, 1.82) is 5.26 Å². The summed E-state index contributed by atoms with van der Waals surface area (Å²) in [5.74, 6) is 0.155. The third-order valence-electron chi connectivity index (χ3n) is 4.90. The number of carbonyl (C=O) groups is 2. The molecule has 162 valence electrons. The minimum Gasteiger partial charge on any atom is -0.443 e. The number of nitrogens with zero attached hydrogens (tertiary/aromatic N) is 3. The van der Waals surface area contributed by atoms with Gasteiger partial charge in [-0.15, -0.1) is 0 Å². The molecule has 0 aliphatic carbocycles. The molecule has 0 bridgehead atoms. The SMILES string of the molecule is CC(C)(C)OC(=O)N(/C=C(/C#N)C(=O)N1CCC(Cc2ccccc2)CC1)CCN. The van der Waals surface area contributed by atoms with E-state index in [2.05, 4.69) is 12.1 Å². The lowest BCUT2D eigenvalue weighted by Gasteiger charge is -2.32. The Labute approximate surface area is 179 Å². The van der Waals surface area contributed by atoms with E-state index < -0.39 is 11.7 Å². The van der Waals surface area contributed by atoms with Crippen LogP contribution in [0.4, 0.5) is 4.79 Å². The van der Waals surface area contributed by atoms with Crippen LogP contribution in [-0.4, -0.2) is 53.6 Å². The summed E-state index contributed by atoms with van der Waals surface area (Å²) >= 11 is 0. The number of piperidine rings is 1. The molecule has 1 aliphatic heterocycles. The number of ether oxygens (including phenoxy) is 1. The number of hydrogen-bond acceptors (Lipinski definition) is 5. The predicted octanol–water partition coefficient (Wildman–Crippen LogP) is 3.07. The second-order valence-corrected chi connectivity index (χ2v) is 8.54. The number of carbonyl (C=O) groups excluding carboxylic acids is 2. The van der Waals surface area contributed by atoms with Gasteiger partial charge in [0.2, 0.25) is 0 Å². The van der Waals surface area contributed by atoms with E-state index in [0.29, 0.717) is 19.0 Å².